The van der Waals surface area contributed by atoms with Gasteiger partial charge in [-0.3, -0.25) is 4.99 Å². The van der Waals surface area contributed by atoms with Crippen LogP contribution in [0.2, 0.25) is 0 Å². The number of aliphatic imine (C=N–C) groups is 1. The van der Waals surface area contributed by atoms with Crippen LogP contribution in [0.15, 0.2) is 149 Å². The zero-order valence-electron chi connectivity index (χ0n) is 28.4. The van der Waals surface area contributed by atoms with Crippen LogP contribution < -0.4 is 4.90 Å². The predicted octanol–water partition coefficient (Wildman–Crippen LogP) is 11.5. The van der Waals surface area contributed by atoms with Crippen molar-refractivity contribution in [3.8, 4) is 16.9 Å². The quantitative estimate of drug-likeness (QED) is 0.205. The second-order valence-electron chi connectivity index (χ2n) is 14.8. The third kappa shape index (κ3) is 4.51. The lowest BCUT2D eigenvalue weighted by atomic mass is 9.73. The molecular formula is C46H43N3. The molecule has 4 atom stereocenters. The van der Waals surface area contributed by atoms with Gasteiger partial charge >= 0.3 is 0 Å². The Bertz CT molecular complexity index is 2210. The summed E-state index contributed by atoms with van der Waals surface area (Å²) in [6.07, 6.45) is 25.8. The van der Waals surface area contributed by atoms with Gasteiger partial charge in [0.25, 0.3) is 0 Å². The lowest BCUT2D eigenvalue weighted by Crippen LogP contribution is -2.35. The third-order valence-corrected chi connectivity index (χ3v) is 11.9. The Morgan fingerprint density at radius 2 is 1.65 bits per heavy atom. The van der Waals surface area contributed by atoms with Gasteiger partial charge < -0.3 is 9.47 Å². The van der Waals surface area contributed by atoms with Gasteiger partial charge in [-0.05, 0) is 104 Å². The summed E-state index contributed by atoms with van der Waals surface area (Å²) in [5, 5.41) is 1.35. The van der Waals surface area contributed by atoms with Crippen LogP contribution in [0.1, 0.15) is 63.9 Å². The van der Waals surface area contributed by atoms with Gasteiger partial charge in [-0.25, -0.2) is 0 Å². The number of fused-ring (bicyclic) bond motifs is 8. The van der Waals surface area contributed by atoms with Crippen LogP contribution >= 0.6 is 0 Å². The summed E-state index contributed by atoms with van der Waals surface area (Å²) in [5.41, 5.74) is 16.7. The van der Waals surface area contributed by atoms with Crippen molar-refractivity contribution in [2.75, 3.05) is 4.90 Å². The highest BCUT2D eigenvalue weighted by molar-refractivity contribution is 6.08. The molecule has 3 aromatic carbocycles. The number of benzene rings is 3. The molecule has 0 radical (unpaired) electrons. The molecule has 0 N–H and O–H groups in total. The molecule has 49 heavy (non-hydrogen) atoms. The topological polar surface area (TPSA) is 20.5 Å². The first-order valence-corrected chi connectivity index (χ1v) is 18.6. The minimum atomic E-state index is 0.281. The highest BCUT2D eigenvalue weighted by Gasteiger charge is 2.39. The van der Waals surface area contributed by atoms with E-state index >= 15 is 0 Å². The van der Waals surface area contributed by atoms with Crippen LogP contribution in [-0.4, -0.2) is 16.3 Å². The molecule has 2 aliphatic heterocycles. The molecule has 0 bridgehead atoms. The van der Waals surface area contributed by atoms with Crippen molar-refractivity contribution in [1.29, 1.82) is 0 Å². The molecule has 3 heterocycles. The number of dihydropyridines is 1. The zero-order chi connectivity index (χ0) is 32.5. The summed E-state index contributed by atoms with van der Waals surface area (Å²) >= 11 is 0. The highest BCUT2D eigenvalue weighted by Crippen LogP contribution is 2.54. The molecule has 10 rings (SSSR count). The van der Waals surface area contributed by atoms with E-state index in [4.69, 9.17) is 4.99 Å². The molecule has 3 nitrogen and oxygen atoms in total. The molecule has 4 aromatic rings. The van der Waals surface area contributed by atoms with Crippen LogP contribution in [0.5, 0.6) is 0 Å². The fourth-order valence-electron chi connectivity index (χ4n) is 9.85. The van der Waals surface area contributed by atoms with Gasteiger partial charge in [0.1, 0.15) is 0 Å². The highest BCUT2D eigenvalue weighted by atomic mass is 15.2. The zero-order valence-corrected chi connectivity index (χ0v) is 28.4. The SMILES string of the molecule is CC1CCCC2=C1N(C1=CC=CC(C3=NC4CCC=CC4C4=C3CCC=C4)C1)c1ccccc1-c1c2c2ccccc2n1-c1ccccc1. The van der Waals surface area contributed by atoms with E-state index < -0.39 is 0 Å². The van der Waals surface area contributed by atoms with Crippen molar-refractivity contribution in [3.63, 3.8) is 0 Å². The Morgan fingerprint density at radius 1 is 0.796 bits per heavy atom. The Hall–Kier alpha value is -4.89. The largest absolute Gasteiger partial charge is 0.317 e. The van der Waals surface area contributed by atoms with Gasteiger partial charge in [0, 0.05) is 51.1 Å². The number of allylic oxidation sites excluding steroid dienone is 10. The Balaban J connectivity index is 1.16. The molecular weight excluding hydrogens is 595 g/mol. The summed E-state index contributed by atoms with van der Waals surface area (Å²) in [6, 6.07) is 29.6. The maximum Gasteiger partial charge on any atom is 0.0637 e. The maximum atomic E-state index is 5.62. The second kappa shape index (κ2) is 11.6. The van der Waals surface area contributed by atoms with Gasteiger partial charge in [-0.15, -0.1) is 0 Å². The summed E-state index contributed by atoms with van der Waals surface area (Å²) < 4.78 is 2.53. The molecule has 4 unspecified atom stereocenters. The summed E-state index contributed by atoms with van der Waals surface area (Å²) in [5.74, 6) is 1.18. The number of hydrogen-bond acceptors (Lipinski definition) is 2. The van der Waals surface area contributed by atoms with Gasteiger partial charge in [0.15, 0.2) is 0 Å². The van der Waals surface area contributed by atoms with E-state index in [2.05, 4.69) is 138 Å². The van der Waals surface area contributed by atoms with Gasteiger partial charge in [0.05, 0.1) is 22.9 Å². The molecule has 0 saturated heterocycles. The summed E-state index contributed by atoms with van der Waals surface area (Å²) in [4.78, 5) is 8.32. The average Bonchev–Trinajstić information content (AvgIpc) is 3.44. The number of para-hydroxylation sites is 3. The molecule has 0 spiro atoms. The number of hydrogen-bond donors (Lipinski definition) is 0. The van der Waals surface area contributed by atoms with Crippen molar-refractivity contribution >= 4 is 27.9 Å². The molecule has 6 aliphatic rings. The molecule has 4 aliphatic carbocycles. The predicted molar refractivity (Wildman–Crippen MR) is 205 cm³/mol. The van der Waals surface area contributed by atoms with Gasteiger partial charge in [-0.1, -0.05) is 98.0 Å². The van der Waals surface area contributed by atoms with E-state index in [1.54, 1.807) is 0 Å². The summed E-state index contributed by atoms with van der Waals surface area (Å²) in [6.45, 7) is 2.47. The van der Waals surface area contributed by atoms with E-state index in [0.717, 1.165) is 38.5 Å². The lowest BCUT2D eigenvalue weighted by molar-refractivity contribution is 0.497. The summed E-state index contributed by atoms with van der Waals surface area (Å²) in [7, 11) is 0. The van der Waals surface area contributed by atoms with Crippen LogP contribution in [0.4, 0.5) is 5.69 Å². The van der Waals surface area contributed by atoms with Crippen molar-refractivity contribution < 1.29 is 0 Å². The van der Waals surface area contributed by atoms with Gasteiger partial charge in [0.2, 0.25) is 0 Å². The van der Waals surface area contributed by atoms with Crippen LogP contribution in [-0.2, 0) is 0 Å². The maximum absolute atomic E-state index is 5.62. The number of anilines is 1. The van der Waals surface area contributed by atoms with E-state index in [0.29, 0.717) is 17.9 Å². The minimum Gasteiger partial charge on any atom is -0.317 e. The van der Waals surface area contributed by atoms with Crippen LogP contribution in [0.25, 0.3) is 33.4 Å². The molecule has 0 fully saturated rings. The smallest absolute Gasteiger partial charge is 0.0637 e. The second-order valence-corrected chi connectivity index (χ2v) is 14.8. The third-order valence-electron chi connectivity index (χ3n) is 11.9. The van der Waals surface area contributed by atoms with Crippen LogP contribution in [0.3, 0.4) is 0 Å². The standard InChI is InChI=1S/C46H43N3/c1-30-15-13-25-39-43-37-23-8-11-27-41(37)48(32-17-3-2-4-18-32)46(43)38-24-9-12-28-42(38)49(45(30)39)33-19-14-16-31(29-33)44-36-22-6-5-20-34(36)35-21-7-10-26-40(35)47-44/h2-5,7-9,11-12,14,16-21,23-24,27-28,30-31,35,40H,6,10,13,15,22,25-26,29H2,1H3. The fraction of sp³-hybridized carbons (Fsp3) is 0.283. The minimum absolute atomic E-state index is 0.281. The van der Waals surface area contributed by atoms with Crippen LogP contribution in [0, 0.1) is 17.8 Å². The molecule has 1 aromatic heterocycles. The van der Waals surface area contributed by atoms with Crippen molar-refractivity contribution in [1.82, 2.24) is 4.57 Å². The average molecular weight is 638 g/mol. The van der Waals surface area contributed by atoms with E-state index in [9.17, 15) is 0 Å². The molecule has 242 valence electrons. The molecule has 0 saturated carbocycles. The normalized spacial score (nSPS) is 25.6. The monoisotopic (exact) mass is 637 g/mol. The molecule has 0 amide bonds. The first-order chi connectivity index (χ1) is 24.3. The van der Waals surface area contributed by atoms with E-state index in [1.165, 1.54) is 85.8 Å². The van der Waals surface area contributed by atoms with Gasteiger partial charge in [-0.2, -0.15) is 0 Å². The number of nitrogens with zero attached hydrogens (tertiary/aromatic N) is 3. The Kier molecular flexibility index (Phi) is 6.89. The molecule has 3 heteroatoms. The Labute approximate surface area is 290 Å². The van der Waals surface area contributed by atoms with Crippen molar-refractivity contribution in [3.05, 3.63) is 149 Å². The number of rotatable bonds is 3. The lowest BCUT2D eigenvalue weighted by Gasteiger charge is -2.40. The van der Waals surface area contributed by atoms with Crippen molar-refractivity contribution in [2.45, 2.75) is 64.3 Å². The van der Waals surface area contributed by atoms with E-state index in [1.807, 2.05) is 0 Å². The van der Waals surface area contributed by atoms with Crippen molar-refractivity contribution in [2.24, 2.45) is 22.7 Å². The first kappa shape index (κ1) is 29.1. The first-order valence-electron chi connectivity index (χ1n) is 18.6. The fourth-order valence-corrected chi connectivity index (χ4v) is 9.85. The number of aromatic nitrogens is 1. The Morgan fingerprint density at radius 3 is 2.59 bits per heavy atom. The van der Waals surface area contributed by atoms with E-state index in [-0.39, 0.29) is 5.92 Å².